The van der Waals surface area contributed by atoms with E-state index in [1.165, 1.54) is 10.9 Å². The first-order valence-corrected chi connectivity index (χ1v) is 18.3. The van der Waals surface area contributed by atoms with E-state index in [4.69, 9.17) is 37.2 Å². The monoisotopic (exact) mass is 747 g/mol. The number of carbonyl (C=O) groups is 1. The number of imidazole rings is 1. The number of nitrogens with two attached hydrogens (primary N) is 1. The van der Waals surface area contributed by atoms with Crippen molar-refractivity contribution in [3.63, 3.8) is 0 Å². The van der Waals surface area contributed by atoms with Crippen LogP contribution in [0.5, 0.6) is 0 Å². The molecular weight excluding hydrogens is 713 g/mol. The smallest absolute Gasteiger partial charge is 0.387 e. The Kier molecular flexibility index (Phi) is 11.0. The Balaban J connectivity index is 1.50. The van der Waals surface area contributed by atoms with E-state index in [2.05, 4.69) is 38.5 Å². The highest BCUT2D eigenvalue weighted by Gasteiger charge is 2.48. The topological polar surface area (TPSA) is 320 Å². The van der Waals surface area contributed by atoms with Crippen molar-refractivity contribution >= 4 is 58.7 Å². The molecule has 1 amide bonds. The van der Waals surface area contributed by atoms with Crippen LogP contribution in [0, 0.1) is 4.64 Å². The third-order valence-electron chi connectivity index (χ3n) is 6.58. The van der Waals surface area contributed by atoms with Crippen LogP contribution in [0.1, 0.15) is 38.4 Å². The number of nitrogen functional groups attached to an aromatic ring is 1. The first-order chi connectivity index (χ1) is 21.6. The summed E-state index contributed by atoms with van der Waals surface area (Å²) in [5.41, 5.74) is 7.71. The number of anilines is 1. The summed E-state index contributed by atoms with van der Waals surface area (Å²) in [6, 6.07) is 1.91. The Morgan fingerprint density at radius 2 is 1.89 bits per heavy atom. The van der Waals surface area contributed by atoms with Gasteiger partial charge >= 0.3 is 23.5 Å². The molecule has 1 aliphatic heterocycles. The van der Waals surface area contributed by atoms with E-state index in [1.807, 2.05) is 26.8 Å². The summed E-state index contributed by atoms with van der Waals surface area (Å²) in [6.45, 7) is 4.63. The molecule has 262 valence electrons. The number of aliphatic hydroxyl groups is 1. The zero-order chi connectivity index (χ0) is 35.1. The molecule has 10 N–H and O–H groups in total. The summed E-state index contributed by atoms with van der Waals surface area (Å²) in [4.78, 5) is 60.3. The molecule has 0 aliphatic carbocycles. The van der Waals surface area contributed by atoms with Crippen molar-refractivity contribution in [3.05, 3.63) is 28.4 Å². The van der Waals surface area contributed by atoms with Crippen LogP contribution in [0.15, 0.2) is 12.4 Å². The average molecular weight is 748 g/mol. The van der Waals surface area contributed by atoms with Gasteiger partial charge in [0.1, 0.15) is 42.6 Å². The van der Waals surface area contributed by atoms with Crippen molar-refractivity contribution in [2.45, 2.75) is 57.3 Å². The SMILES string of the molecule is C[n+]1[nH]c(C(C)(C)C)cc1CNC(=O)CO[C@H]1C(O)[C@@H](COP(=O)(O)OP(=O)(O)OP(=O)(O)O)O[C@H]1n1cnc2c(=S)nc(N)[nH]c21. The standard InChI is InChI=1S/C21H33N8O14P3S/c1-21(2,3)12-5-10(28(4)27-12)6-23-13(30)8-39-16-15(31)11(7-40-45(35,36)43-46(37,38)42-44(32,33)34)41-19(16)29-9-24-14-17(29)25-20(22)26-18(14)47/h5,9,11,15-16,19,31H,6-8H2,1-4H3,(H8,22,23,25,26,30,32,33,34,35,36,37,38,47)/p+1/t11-,15?,16+,19-/m1/s1. The van der Waals surface area contributed by atoms with Gasteiger partial charge in [0.25, 0.3) is 0 Å². The normalized spacial score (nSPS) is 23.1. The minimum Gasteiger partial charge on any atom is -0.387 e. The number of aliphatic hydroxyl groups excluding tert-OH is 1. The summed E-state index contributed by atoms with van der Waals surface area (Å²) in [6.07, 6.45) is -4.64. The number of aromatic nitrogens is 6. The molecule has 6 atom stereocenters. The summed E-state index contributed by atoms with van der Waals surface area (Å²) in [5, 5.41) is 17.0. The molecule has 0 spiro atoms. The van der Waals surface area contributed by atoms with Gasteiger partial charge in [-0.15, -0.1) is 4.68 Å². The fourth-order valence-electron chi connectivity index (χ4n) is 4.39. The third-order valence-corrected chi connectivity index (χ3v) is 10.7. The number of ether oxygens (including phenoxy) is 2. The highest BCUT2D eigenvalue weighted by Crippen LogP contribution is 2.66. The number of phosphoric acid groups is 3. The molecule has 0 aromatic carbocycles. The van der Waals surface area contributed by atoms with Crippen molar-refractivity contribution in [2.75, 3.05) is 18.9 Å². The summed E-state index contributed by atoms with van der Waals surface area (Å²) in [5.74, 6) is -0.661. The summed E-state index contributed by atoms with van der Waals surface area (Å²) < 4.78 is 61.6. The minimum atomic E-state index is -5.80. The van der Waals surface area contributed by atoms with Gasteiger partial charge in [0.15, 0.2) is 23.9 Å². The first kappa shape index (κ1) is 37.4. The number of aromatic amines is 2. The van der Waals surface area contributed by atoms with Crippen molar-refractivity contribution in [3.8, 4) is 0 Å². The molecule has 0 radical (unpaired) electrons. The zero-order valence-corrected chi connectivity index (χ0v) is 28.6. The number of fused-ring (bicyclic) bond motifs is 1. The Morgan fingerprint density at radius 1 is 1.21 bits per heavy atom. The van der Waals surface area contributed by atoms with Crippen LogP contribution in [0.4, 0.5) is 5.95 Å². The molecule has 0 saturated carbocycles. The predicted octanol–water partition coefficient (Wildman–Crippen LogP) is -0.176. The second kappa shape index (κ2) is 13.8. The molecule has 47 heavy (non-hydrogen) atoms. The number of aryl methyl sites for hydroxylation is 1. The number of amides is 1. The fourth-order valence-corrected chi connectivity index (χ4v) is 7.67. The Labute approximate surface area is 270 Å². The number of hydrogen-bond acceptors (Lipinski definition) is 14. The lowest BCUT2D eigenvalue weighted by Crippen LogP contribution is -2.40. The molecule has 4 rings (SSSR count). The number of hydrogen-bond donors (Lipinski definition) is 9. The molecule has 0 bridgehead atoms. The fraction of sp³-hybridized carbons (Fsp3) is 0.571. The minimum absolute atomic E-state index is 0.0298. The quantitative estimate of drug-likeness (QED) is 0.0622. The maximum atomic E-state index is 12.8. The molecule has 1 saturated heterocycles. The molecule has 1 aliphatic rings. The average Bonchev–Trinajstić information content (AvgIpc) is 3.58. The molecule has 3 unspecified atom stereocenters. The predicted molar refractivity (Wildman–Crippen MR) is 159 cm³/mol. The lowest BCUT2D eigenvalue weighted by atomic mass is 9.92. The van der Waals surface area contributed by atoms with Gasteiger partial charge in [0.05, 0.1) is 18.6 Å². The Morgan fingerprint density at radius 3 is 2.51 bits per heavy atom. The van der Waals surface area contributed by atoms with Gasteiger partial charge < -0.3 is 50.2 Å². The number of nitrogens with zero attached hydrogens (tertiary/aromatic N) is 4. The zero-order valence-electron chi connectivity index (χ0n) is 25.1. The van der Waals surface area contributed by atoms with E-state index in [-0.39, 0.29) is 33.7 Å². The third kappa shape index (κ3) is 9.58. The maximum absolute atomic E-state index is 12.8. The number of phosphoric ester groups is 1. The van der Waals surface area contributed by atoms with Crippen LogP contribution >= 0.6 is 35.7 Å². The highest BCUT2D eigenvalue weighted by molar-refractivity contribution is 7.71. The molecule has 3 aromatic rings. The number of nitrogens with one attached hydrogen (secondary N) is 3. The van der Waals surface area contributed by atoms with E-state index in [0.717, 1.165) is 11.4 Å². The number of carbonyl (C=O) groups excluding carboxylic acids is 1. The van der Waals surface area contributed by atoms with E-state index < -0.39 is 67.1 Å². The summed E-state index contributed by atoms with van der Waals surface area (Å²) in [7, 11) is -15.2. The van der Waals surface area contributed by atoms with Gasteiger partial charge in [0.2, 0.25) is 11.6 Å². The van der Waals surface area contributed by atoms with E-state index in [9.17, 15) is 33.4 Å². The van der Waals surface area contributed by atoms with Crippen molar-refractivity contribution in [1.29, 1.82) is 0 Å². The van der Waals surface area contributed by atoms with Crippen molar-refractivity contribution < 1.29 is 70.5 Å². The van der Waals surface area contributed by atoms with Gasteiger partial charge in [-0.25, -0.2) is 23.7 Å². The summed E-state index contributed by atoms with van der Waals surface area (Å²) >= 11 is 5.19. The Hall–Kier alpha value is -2.46. The van der Waals surface area contributed by atoms with E-state index in [1.54, 1.807) is 11.7 Å². The van der Waals surface area contributed by atoms with Crippen LogP contribution in [-0.2, 0) is 60.1 Å². The van der Waals surface area contributed by atoms with Gasteiger partial charge in [-0.2, -0.15) is 13.7 Å². The number of H-pyrrole nitrogens is 2. The largest absolute Gasteiger partial charge is 0.490 e. The van der Waals surface area contributed by atoms with Crippen LogP contribution in [0.3, 0.4) is 0 Å². The van der Waals surface area contributed by atoms with Crippen LogP contribution in [0.25, 0.3) is 11.2 Å². The van der Waals surface area contributed by atoms with Gasteiger partial charge in [0, 0.05) is 11.5 Å². The van der Waals surface area contributed by atoms with Crippen molar-refractivity contribution in [2.24, 2.45) is 7.05 Å². The molecule has 1 fully saturated rings. The van der Waals surface area contributed by atoms with Crippen LogP contribution < -0.4 is 15.7 Å². The number of rotatable bonds is 13. The molecule has 26 heteroatoms. The lowest BCUT2D eigenvalue weighted by Gasteiger charge is -2.22. The molecular formula is C21H34N8O14P3S+. The second-order valence-electron chi connectivity index (χ2n) is 11.2. The van der Waals surface area contributed by atoms with Gasteiger partial charge in [-0.05, 0) is 0 Å². The van der Waals surface area contributed by atoms with Gasteiger partial charge in [-0.1, -0.05) is 33.0 Å². The second-order valence-corrected chi connectivity index (χ2v) is 16.0. The Bertz CT molecular complexity index is 1840. The van der Waals surface area contributed by atoms with Crippen molar-refractivity contribution in [1.82, 2.24) is 29.9 Å². The molecule has 22 nitrogen and oxygen atoms in total. The van der Waals surface area contributed by atoms with E-state index >= 15 is 0 Å². The van der Waals surface area contributed by atoms with E-state index in [0.29, 0.717) is 0 Å². The van der Waals surface area contributed by atoms with Crippen LogP contribution in [0.2, 0.25) is 0 Å². The van der Waals surface area contributed by atoms with Crippen LogP contribution in [-0.4, -0.2) is 86.7 Å². The molecule has 3 aromatic heterocycles. The highest BCUT2D eigenvalue weighted by atomic mass is 32.1. The molecule has 4 heterocycles. The first-order valence-electron chi connectivity index (χ1n) is 13.4. The lowest BCUT2D eigenvalue weighted by molar-refractivity contribution is -0.734. The maximum Gasteiger partial charge on any atom is 0.490 e. The van der Waals surface area contributed by atoms with Gasteiger partial charge in [-0.3, -0.25) is 13.9 Å².